The van der Waals surface area contributed by atoms with Gasteiger partial charge in [-0.3, -0.25) is 4.79 Å². The summed E-state index contributed by atoms with van der Waals surface area (Å²) in [5, 5.41) is 16.4. The maximum atomic E-state index is 12.4. The van der Waals surface area contributed by atoms with E-state index in [0.29, 0.717) is 30.6 Å². The second-order valence-corrected chi connectivity index (χ2v) is 6.16. The lowest BCUT2D eigenvalue weighted by Gasteiger charge is -2.27. The maximum absolute atomic E-state index is 12.4. The predicted molar refractivity (Wildman–Crippen MR) is 79.7 cm³/mol. The van der Waals surface area contributed by atoms with Crippen LogP contribution in [-0.2, 0) is 18.4 Å². The van der Waals surface area contributed by atoms with Crippen LogP contribution >= 0.6 is 0 Å². The molecule has 1 fully saturated rings. The van der Waals surface area contributed by atoms with Crippen molar-refractivity contribution in [2.45, 2.75) is 51.4 Å². The van der Waals surface area contributed by atoms with E-state index < -0.39 is 18.8 Å². The van der Waals surface area contributed by atoms with Crippen LogP contribution in [0.25, 0.3) is 0 Å². The van der Waals surface area contributed by atoms with Crippen molar-refractivity contribution in [3.05, 3.63) is 11.3 Å². The first-order chi connectivity index (χ1) is 11.2. The topological polar surface area (TPSA) is 76.4 Å². The van der Waals surface area contributed by atoms with Gasteiger partial charge in [0.15, 0.2) is 6.61 Å². The third kappa shape index (κ3) is 4.86. The molecule has 24 heavy (non-hydrogen) atoms. The molecular weight excluding hydrogens is 327 g/mol. The second-order valence-electron chi connectivity index (χ2n) is 6.16. The van der Waals surface area contributed by atoms with Crippen molar-refractivity contribution in [1.29, 1.82) is 0 Å². The summed E-state index contributed by atoms with van der Waals surface area (Å²) in [6.07, 6.45) is -1.73. The van der Waals surface area contributed by atoms with Crippen molar-refractivity contribution in [3.8, 4) is 5.88 Å². The van der Waals surface area contributed by atoms with Crippen LogP contribution in [0, 0.1) is 12.8 Å². The van der Waals surface area contributed by atoms with Crippen molar-refractivity contribution in [3.63, 3.8) is 0 Å². The molecule has 136 valence electrons. The summed E-state index contributed by atoms with van der Waals surface area (Å²) < 4.78 is 43.3. The molecule has 0 bridgehead atoms. The number of ether oxygens (including phenoxy) is 1. The fourth-order valence-electron chi connectivity index (χ4n) is 3.01. The van der Waals surface area contributed by atoms with Crippen LogP contribution in [0.1, 0.15) is 36.9 Å². The summed E-state index contributed by atoms with van der Waals surface area (Å²) in [5.41, 5.74) is 1.21. The van der Waals surface area contributed by atoms with Gasteiger partial charge in [0.25, 0.3) is 0 Å². The molecule has 1 aromatic rings. The number of aliphatic carboxylic acids is 1. The number of nitrogens with zero attached hydrogens (tertiary/aromatic N) is 2. The third-order valence-electron chi connectivity index (χ3n) is 4.31. The molecule has 0 radical (unpaired) electrons. The van der Waals surface area contributed by atoms with Crippen molar-refractivity contribution >= 4 is 5.97 Å². The van der Waals surface area contributed by atoms with Crippen LogP contribution in [0.3, 0.4) is 0 Å². The van der Waals surface area contributed by atoms with E-state index >= 15 is 0 Å². The number of nitrogens with one attached hydrogen (secondary N) is 1. The van der Waals surface area contributed by atoms with Gasteiger partial charge in [-0.1, -0.05) is 0 Å². The van der Waals surface area contributed by atoms with E-state index in [0.717, 1.165) is 12.8 Å². The van der Waals surface area contributed by atoms with Crippen LogP contribution in [0.15, 0.2) is 0 Å². The Labute approximate surface area is 138 Å². The SMILES string of the molecule is Cc1nn(C)c(OCC(F)(F)F)c1CNC1CCC(C(=O)O)CC1. The molecule has 9 heteroatoms. The van der Waals surface area contributed by atoms with E-state index in [-0.39, 0.29) is 17.8 Å². The summed E-state index contributed by atoms with van der Waals surface area (Å²) in [7, 11) is 1.54. The Bertz CT molecular complexity index is 578. The predicted octanol–water partition coefficient (Wildman–Crippen LogP) is 2.40. The van der Waals surface area contributed by atoms with Gasteiger partial charge in [0.1, 0.15) is 0 Å². The van der Waals surface area contributed by atoms with Gasteiger partial charge in [0, 0.05) is 19.6 Å². The molecule has 0 amide bonds. The van der Waals surface area contributed by atoms with Gasteiger partial charge in [0.05, 0.1) is 17.2 Å². The lowest BCUT2D eigenvalue weighted by atomic mass is 9.86. The van der Waals surface area contributed by atoms with E-state index in [1.807, 2.05) is 0 Å². The Morgan fingerprint density at radius 1 is 1.38 bits per heavy atom. The average molecular weight is 349 g/mol. The summed E-state index contributed by atoms with van der Waals surface area (Å²) in [4.78, 5) is 10.9. The number of aryl methyl sites for hydroxylation is 2. The highest BCUT2D eigenvalue weighted by atomic mass is 19.4. The largest absolute Gasteiger partial charge is 0.481 e. The number of hydrogen-bond donors (Lipinski definition) is 2. The van der Waals surface area contributed by atoms with Crippen LogP contribution in [0.4, 0.5) is 13.2 Å². The Kier molecular flexibility index (Phi) is 5.74. The molecule has 6 nitrogen and oxygen atoms in total. The highest BCUT2D eigenvalue weighted by molar-refractivity contribution is 5.70. The van der Waals surface area contributed by atoms with Crippen molar-refractivity contribution < 1.29 is 27.8 Å². The van der Waals surface area contributed by atoms with E-state index in [4.69, 9.17) is 9.84 Å². The number of alkyl halides is 3. The van der Waals surface area contributed by atoms with Gasteiger partial charge < -0.3 is 15.2 Å². The van der Waals surface area contributed by atoms with Crippen molar-refractivity contribution in [2.24, 2.45) is 13.0 Å². The van der Waals surface area contributed by atoms with Gasteiger partial charge in [-0.05, 0) is 32.6 Å². The molecule has 0 aliphatic heterocycles. The zero-order valence-electron chi connectivity index (χ0n) is 13.7. The van der Waals surface area contributed by atoms with E-state index in [2.05, 4.69) is 10.4 Å². The normalized spacial score (nSPS) is 21.7. The van der Waals surface area contributed by atoms with Crippen LogP contribution in [-0.4, -0.2) is 39.7 Å². The standard InChI is InChI=1S/C15H22F3N3O3/c1-9-12(13(21(2)20-9)24-8-15(16,17)18)7-19-11-5-3-10(4-6-11)14(22)23/h10-11,19H,3-8H2,1-2H3,(H,22,23). The molecule has 0 spiro atoms. The number of rotatable bonds is 6. The Balaban J connectivity index is 1.94. The number of carbonyl (C=O) groups is 1. The Morgan fingerprint density at radius 3 is 2.54 bits per heavy atom. The van der Waals surface area contributed by atoms with Gasteiger partial charge in [0.2, 0.25) is 5.88 Å². The fourth-order valence-corrected chi connectivity index (χ4v) is 3.01. The molecule has 1 aliphatic carbocycles. The monoisotopic (exact) mass is 349 g/mol. The van der Waals surface area contributed by atoms with Gasteiger partial charge >= 0.3 is 12.1 Å². The highest BCUT2D eigenvalue weighted by Gasteiger charge is 2.30. The molecule has 0 atom stereocenters. The minimum atomic E-state index is -4.40. The van der Waals surface area contributed by atoms with Gasteiger partial charge in [-0.25, -0.2) is 4.68 Å². The molecule has 0 unspecified atom stereocenters. The second kappa shape index (κ2) is 7.42. The fraction of sp³-hybridized carbons (Fsp3) is 0.733. The molecule has 1 heterocycles. The molecule has 0 saturated heterocycles. The van der Waals surface area contributed by atoms with E-state index in [1.165, 1.54) is 4.68 Å². The van der Waals surface area contributed by atoms with Crippen LogP contribution < -0.4 is 10.1 Å². The molecule has 1 aliphatic rings. The number of carboxylic acid groups (broad SMARTS) is 1. The number of halogens is 3. The van der Waals surface area contributed by atoms with E-state index in [9.17, 15) is 18.0 Å². The zero-order valence-corrected chi connectivity index (χ0v) is 13.7. The molecule has 2 rings (SSSR count). The van der Waals surface area contributed by atoms with Crippen LogP contribution in [0.2, 0.25) is 0 Å². The lowest BCUT2D eigenvalue weighted by Crippen LogP contribution is -2.34. The van der Waals surface area contributed by atoms with E-state index in [1.54, 1.807) is 14.0 Å². The Hall–Kier alpha value is -1.77. The van der Waals surface area contributed by atoms with Gasteiger partial charge in [-0.15, -0.1) is 0 Å². The summed E-state index contributed by atoms with van der Waals surface area (Å²) in [6.45, 7) is 0.705. The first kappa shape index (κ1) is 18.6. The smallest absolute Gasteiger partial charge is 0.422 e. The number of aromatic nitrogens is 2. The Morgan fingerprint density at radius 2 is 2.00 bits per heavy atom. The molecule has 1 aromatic heterocycles. The first-order valence-corrected chi connectivity index (χ1v) is 7.85. The highest BCUT2D eigenvalue weighted by Crippen LogP contribution is 2.27. The molecule has 2 N–H and O–H groups in total. The summed E-state index contributed by atoms with van der Waals surface area (Å²) in [5.74, 6) is -0.954. The van der Waals surface area contributed by atoms with Crippen molar-refractivity contribution in [1.82, 2.24) is 15.1 Å². The molecule has 1 saturated carbocycles. The summed E-state index contributed by atoms with van der Waals surface area (Å²) >= 11 is 0. The average Bonchev–Trinajstić information content (AvgIpc) is 2.76. The third-order valence-corrected chi connectivity index (χ3v) is 4.31. The quantitative estimate of drug-likeness (QED) is 0.825. The zero-order chi connectivity index (χ0) is 17.9. The molecular formula is C15H22F3N3O3. The molecule has 0 aromatic carbocycles. The number of hydrogen-bond acceptors (Lipinski definition) is 4. The minimum Gasteiger partial charge on any atom is -0.481 e. The summed E-state index contributed by atoms with van der Waals surface area (Å²) in [6, 6.07) is 0.149. The first-order valence-electron chi connectivity index (χ1n) is 7.85. The number of carboxylic acids is 1. The maximum Gasteiger partial charge on any atom is 0.422 e. The van der Waals surface area contributed by atoms with Crippen LogP contribution in [0.5, 0.6) is 5.88 Å². The van der Waals surface area contributed by atoms with Crippen molar-refractivity contribution in [2.75, 3.05) is 6.61 Å². The minimum absolute atomic E-state index is 0.108. The lowest BCUT2D eigenvalue weighted by molar-refractivity contribution is -0.154. The van der Waals surface area contributed by atoms with Gasteiger partial charge in [-0.2, -0.15) is 18.3 Å².